The van der Waals surface area contributed by atoms with E-state index in [-0.39, 0.29) is 5.91 Å². The molecule has 114 valence electrons. The number of nitrogens with zero attached hydrogens (tertiary/aromatic N) is 1. The molecule has 2 rings (SSSR count). The molecule has 0 heterocycles. The van der Waals surface area contributed by atoms with E-state index in [9.17, 15) is 4.79 Å². The van der Waals surface area contributed by atoms with Gasteiger partial charge in [0.2, 0.25) is 5.91 Å². The topological polar surface area (TPSA) is 20.3 Å². The molecule has 2 aliphatic rings. The average molecular weight is 277 g/mol. The highest BCUT2D eigenvalue weighted by molar-refractivity contribution is 5.73. The molecule has 0 spiro atoms. The van der Waals surface area contributed by atoms with Gasteiger partial charge >= 0.3 is 0 Å². The van der Waals surface area contributed by atoms with Crippen LogP contribution in [0.2, 0.25) is 0 Å². The lowest BCUT2D eigenvalue weighted by Crippen LogP contribution is -2.34. The van der Waals surface area contributed by atoms with E-state index in [4.69, 9.17) is 0 Å². The van der Waals surface area contributed by atoms with Crippen LogP contribution in [0.25, 0.3) is 0 Å². The van der Waals surface area contributed by atoms with Crippen LogP contribution in [0.1, 0.15) is 53.9 Å². The van der Waals surface area contributed by atoms with Gasteiger partial charge in [-0.3, -0.25) is 4.79 Å². The zero-order valence-corrected chi connectivity index (χ0v) is 13.9. The van der Waals surface area contributed by atoms with Gasteiger partial charge in [-0.05, 0) is 55.8 Å². The molecule has 4 atom stereocenters. The third kappa shape index (κ3) is 3.86. The molecular weight excluding hydrogens is 246 g/mol. The largest absolute Gasteiger partial charge is 0.342 e. The van der Waals surface area contributed by atoms with Gasteiger partial charge in [0.1, 0.15) is 0 Å². The Hall–Kier alpha value is -0.790. The molecule has 2 heteroatoms. The molecule has 0 saturated heterocycles. The van der Waals surface area contributed by atoms with Crippen molar-refractivity contribution in [2.75, 3.05) is 13.1 Å². The van der Waals surface area contributed by atoms with E-state index >= 15 is 0 Å². The molecule has 20 heavy (non-hydrogen) atoms. The fourth-order valence-corrected chi connectivity index (χ4v) is 3.98. The SMILES string of the molecule is CC(=O)N(CC(C)C)C[C@H]1CC1C1CCC(C)=CC1C. The molecule has 1 amide bonds. The van der Waals surface area contributed by atoms with Crippen LogP contribution in [0.5, 0.6) is 0 Å². The van der Waals surface area contributed by atoms with Gasteiger partial charge in [0.05, 0.1) is 0 Å². The lowest BCUT2D eigenvalue weighted by molar-refractivity contribution is -0.129. The highest BCUT2D eigenvalue weighted by atomic mass is 16.2. The first-order valence-electron chi connectivity index (χ1n) is 8.31. The van der Waals surface area contributed by atoms with E-state index < -0.39 is 0 Å². The minimum Gasteiger partial charge on any atom is -0.342 e. The van der Waals surface area contributed by atoms with E-state index in [1.807, 2.05) is 0 Å². The van der Waals surface area contributed by atoms with Crippen molar-refractivity contribution in [3.8, 4) is 0 Å². The van der Waals surface area contributed by atoms with Crippen LogP contribution in [0.3, 0.4) is 0 Å². The third-order valence-electron chi connectivity index (χ3n) is 5.11. The van der Waals surface area contributed by atoms with E-state index in [0.717, 1.165) is 36.8 Å². The van der Waals surface area contributed by atoms with Crippen LogP contribution in [0.15, 0.2) is 11.6 Å². The quantitative estimate of drug-likeness (QED) is 0.692. The monoisotopic (exact) mass is 277 g/mol. The molecule has 0 aliphatic heterocycles. The minimum absolute atomic E-state index is 0.247. The molecule has 0 aromatic carbocycles. The fourth-order valence-electron chi connectivity index (χ4n) is 3.98. The minimum atomic E-state index is 0.247. The predicted molar refractivity (Wildman–Crippen MR) is 84.3 cm³/mol. The van der Waals surface area contributed by atoms with Crippen molar-refractivity contribution < 1.29 is 4.79 Å². The second kappa shape index (κ2) is 6.32. The Labute approximate surface area is 124 Å². The molecular formula is C18H31NO. The van der Waals surface area contributed by atoms with Crippen molar-refractivity contribution in [3.63, 3.8) is 0 Å². The first-order chi connectivity index (χ1) is 9.38. The number of carbonyl (C=O) groups excluding carboxylic acids is 1. The molecule has 2 aliphatic carbocycles. The molecule has 0 bridgehead atoms. The van der Waals surface area contributed by atoms with E-state index in [1.54, 1.807) is 12.5 Å². The number of hydrogen-bond acceptors (Lipinski definition) is 1. The van der Waals surface area contributed by atoms with Gasteiger partial charge in [0, 0.05) is 20.0 Å². The van der Waals surface area contributed by atoms with Crippen LogP contribution < -0.4 is 0 Å². The highest BCUT2D eigenvalue weighted by Crippen LogP contribution is 2.51. The lowest BCUT2D eigenvalue weighted by atomic mass is 9.78. The fraction of sp³-hybridized carbons (Fsp3) is 0.833. The van der Waals surface area contributed by atoms with E-state index in [1.165, 1.54) is 19.3 Å². The second-order valence-electron chi connectivity index (χ2n) is 7.55. The van der Waals surface area contributed by atoms with Gasteiger partial charge in [0.15, 0.2) is 0 Å². The second-order valence-corrected chi connectivity index (χ2v) is 7.55. The van der Waals surface area contributed by atoms with Crippen molar-refractivity contribution in [2.45, 2.75) is 53.9 Å². The summed E-state index contributed by atoms with van der Waals surface area (Å²) in [5.74, 6) is 4.03. The van der Waals surface area contributed by atoms with Crippen molar-refractivity contribution in [1.29, 1.82) is 0 Å². The summed E-state index contributed by atoms with van der Waals surface area (Å²) in [6.07, 6.45) is 6.44. The zero-order valence-electron chi connectivity index (χ0n) is 13.9. The van der Waals surface area contributed by atoms with Crippen molar-refractivity contribution >= 4 is 5.91 Å². The number of amides is 1. The molecule has 0 N–H and O–H groups in total. The first-order valence-corrected chi connectivity index (χ1v) is 8.31. The van der Waals surface area contributed by atoms with Crippen LogP contribution in [-0.4, -0.2) is 23.9 Å². The van der Waals surface area contributed by atoms with Gasteiger partial charge in [-0.2, -0.15) is 0 Å². The van der Waals surface area contributed by atoms with Gasteiger partial charge in [0.25, 0.3) is 0 Å². The van der Waals surface area contributed by atoms with Crippen LogP contribution >= 0.6 is 0 Å². The van der Waals surface area contributed by atoms with E-state index in [2.05, 4.69) is 38.7 Å². The molecule has 1 fully saturated rings. The standard InChI is InChI=1S/C18H31NO/c1-12(2)10-19(15(5)20)11-16-9-18(16)17-7-6-13(3)8-14(17)4/h8,12,14,16-18H,6-7,9-11H2,1-5H3/t14?,16-,17?,18?/m1/s1. The molecule has 2 nitrogen and oxygen atoms in total. The Balaban J connectivity index is 1.86. The summed E-state index contributed by atoms with van der Waals surface area (Å²) in [5, 5.41) is 0. The normalized spacial score (nSPS) is 33.0. The predicted octanol–water partition coefficient (Wildman–Crippen LogP) is 4.12. The van der Waals surface area contributed by atoms with E-state index in [0.29, 0.717) is 5.92 Å². The summed E-state index contributed by atoms with van der Waals surface area (Å²) >= 11 is 0. The Morgan fingerprint density at radius 2 is 2.10 bits per heavy atom. The lowest BCUT2D eigenvalue weighted by Gasteiger charge is -2.28. The summed E-state index contributed by atoms with van der Waals surface area (Å²) in [4.78, 5) is 13.8. The first kappa shape index (κ1) is 15.6. The molecule has 1 saturated carbocycles. The molecule has 3 unspecified atom stereocenters. The van der Waals surface area contributed by atoms with Gasteiger partial charge in [-0.15, -0.1) is 0 Å². The Morgan fingerprint density at radius 3 is 2.65 bits per heavy atom. The van der Waals surface area contributed by atoms with Crippen LogP contribution in [-0.2, 0) is 4.79 Å². The maximum Gasteiger partial charge on any atom is 0.219 e. The number of carbonyl (C=O) groups is 1. The van der Waals surface area contributed by atoms with Crippen molar-refractivity contribution in [2.24, 2.45) is 29.6 Å². The van der Waals surface area contributed by atoms with Crippen molar-refractivity contribution in [1.82, 2.24) is 4.90 Å². The molecule has 0 aromatic rings. The number of hydrogen-bond donors (Lipinski definition) is 0. The summed E-state index contributed by atoms with van der Waals surface area (Å²) in [7, 11) is 0. The van der Waals surface area contributed by atoms with Gasteiger partial charge in [-0.25, -0.2) is 0 Å². The van der Waals surface area contributed by atoms with Gasteiger partial charge in [-0.1, -0.05) is 32.4 Å². The Kier molecular flexibility index (Phi) is 4.93. The molecule has 0 aromatic heterocycles. The maximum atomic E-state index is 11.7. The Bertz CT molecular complexity index is 385. The smallest absolute Gasteiger partial charge is 0.219 e. The summed E-state index contributed by atoms with van der Waals surface area (Å²) in [6.45, 7) is 12.6. The van der Waals surface area contributed by atoms with Crippen molar-refractivity contribution in [3.05, 3.63) is 11.6 Å². The number of rotatable bonds is 5. The van der Waals surface area contributed by atoms with Crippen LogP contribution in [0, 0.1) is 29.6 Å². The average Bonchev–Trinajstić information content (AvgIpc) is 3.06. The number of allylic oxidation sites excluding steroid dienone is 2. The van der Waals surface area contributed by atoms with Gasteiger partial charge < -0.3 is 4.90 Å². The highest BCUT2D eigenvalue weighted by Gasteiger charge is 2.45. The maximum absolute atomic E-state index is 11.7. The zero-order chi connectivity index (χ0) is 14.9. The summed E-state index contributed by atoms with van der Waals surface area (Å²) in [5.41, 5.74) is 1.57. The van der Waals surface area contributed by atoms with Crippen LogP contribution in [0.4, 0.5) is 0 Å². The summed E-state index contributed by atoms with van der Waals surface area (Å²) < 4.78 is 0. The third-order valence-corrected chi connectivity index (χ3v) is 5.11. The Morgan fingerprint density at radius 1 is 1.40 bits per heavy atom. The summed E-state index contributed by atoms with van der Waals surface area (Å²) in [6, 6.07) is 0. The molecule has 0 radical (unpaired) electrons.